The van der Waals surface area contributed by atoms with Crippen LogP contribution in [0.5, 0.6) is 0 Å². The lowest BCUT2D eigenvalue weighted by molar-refractivity contribution is 0.0194. The van der Waals surface area contributed by atoms with Crippen LogP contribution in [0.3, 0.4) is 0 Å². The van der Waals surface area contributed by atoms with Crippen molar-refractivity contribution in [2.24, 2.45) is 0 Å². The Morgan fingerprint density at radius 2 is 1.80 bits per heavy atom. The molecule has 0 fully saturated rings. The van der Waals surface area contributed by atoms with Crippen molar-refractivity contribution in [1.82, 2.24) is 14.7 Å². The first kappa shape index (κ1) is 17.5. The smallest absolute Gasteiger partial charge is 0.410 e. The van der Waals surface area contributed by atoms with Crippen LogP contribution in [-0.2, 0) is 17.8 Å². The number of benzene rings is 1. The third-order valence-corrected chi connectivity index (χ3v) is 4.18. The Bertz CT molecular complexity index is 798. The van der Waals surface area contributed by atoms with E-state index in [4.69, 9.17) is 4.74 Å². The maximum atomic E-state index is 13.8. The van der Waals surface area contributed by atoms with Gasteiger partial charge in [-0.1, -0.05) is 0 Å². The fourth-order valence-electron chi connectivity index (χ4n) is 2.98. The Hall–Kier alpha value is -2.37. The number of rotatable bonds is 1. The van der Waals surface area contributed by atoms with E-state index in [1.807, 2.05) is 43.7 Å². The summed E-state index contributed by atoms with van der Waals surface area (Å²) in [6.45, 7) is 10.7. The summed E-state index contributed by atoms with van der Waals surface area (Å²) in [6.07, 6.45) is -0.310. The molecule has 134 valence electrons. The first-order valence-electron chi connectivity index (χ1n) is 8.46. The quantitative estimate of drug-likeness (QED) is 0.783. The van der Waals surface area contributed by atoms with Gasteiger partial charge in [-0.15, -0.1) is 0 Å². The molecule has 0 N–H and O–H groups in total. The van der Waals surface area contributed by atoms with Crippen molar-refractivity contribution in [2.45, 2.75) is 53.3 Å². The van der Waals surface area contributed by atoms with Crippen LogP contribution >= 0.6 is 0 Å². The van der Waals surface area contributed by atoms with Gasteiger partial charge in [0.25, 0.3) is 0 Å². The highest BCUT2D eigenvalue weighted by atomic mass is 19.1. The Labute approximate surface area is 147 Å². The van der Waals surface area contributed by atoms with E-state index in [1.165, 1.54) is 0 Å². The molecule has 25 heavy (non-hydrogen) atoms. The van der Waals surface area contributed by atoms with Crippen molar-refractivity contribution in [3.05, 3.63) is 40.8 Å². The predicted octanol–water partition coefficient (Wildman–Crippen LogP) is 4.06. The molecule has 0 saturated heterocycles. The van der Waals surface area contributed by atoms with E-state index in [0.717, 1.165) is 17.0 Å². The molecule has 1 amide bonds. The van der Waals surface area contributed by atoms with Crippen LogP contribution in [-0.4, -0.2) is 32.9 Å². The predicted molar refractivity (Wildman–Crippen MR) is 93.7 cm³/mol. The molecule has 2 aromatic rings. The van der Waals surface area contributed by atoms with Crippen LogP contribution < -0.4 is 0 Å². The number of ether oxygens (including phenoxy) is 1. The van der Waals surface area contributed by atoms with E-state index >= 15 is 0 Å². The van der Waals surface area contributed by atoms with Crippen LogP contribution in [0.1, 0.15) is 37.6 Å². The van der Waals surface area contributed by atoms with Crippen molar-refractivity contribution in [3.8, 4) is 11.3 Å². The van der Waals surface area contributed by atoms with Crippen LogP contribution in [0.15, 0.2) is 18.2 Å². The Morgan fingerprint density at radius 1 is 1.16 bits per heavy atom. The first-order valence-corrected chi connectivity index (χ1v) is 8.46. The summed E-state index contributed by atoms with van der Waals surface area (Å²) in [5.41, 5.74) is 3.34. The van der Waals surface area contributed by atoms with E-state index in [9.17, 15) is 9.18 Å². The topological polar surface area (TPSA) is 47.4 Å². The zero-order chi connectivity index (χ0) is 18.4. The Balaban J connectivity index is 1.83. The molecule has 0 radical (unpaired) electrons. The maximum absolute atomic E-state index is 13.8. The van der Waals surface area contributed by atoms with Crippen molar-refractivity contribution < 1.29 is 13.9 Å². The average Bonchev–Trinajstić information content (AvgIpc) is 2.93. The zero-order valence-corrected chi connectivity index (χ0v) is 15.4. The number of hydrogen-bond donors (Lipinski definition) is 0. The molecular weight excluding hydrogens is 321 g/mol. The van der Waals surface area contributed by atoms with Gasteiger partial charge in [-0.25, -0.2) is 9.18 Å². The molecule has 3 rings (SSSR count). The lowest BCUT2D eigenvalue weighted by Crippen LogP contribution is -2.41. The van der Waals surface area contributed by atoms with Gasteiger partial charge in [0.1, 0.15) is 11.4 Å². The van der Waals surface area contributed by atoms with Gasteiger partial charge in [0.2, 0.25) is 0 Å². The van der Waals surface area contributed by atoms with E-state index in [2.05, 4.69) is 5.10 Å². The fourth-order valence-corrected chi connectivity index (χ4v) is 2.98. The number of halogens is 1. The SMILES string of the molecule is Cc1cc(-c2cc3n(n2)CCN(C(=O)OC(C)(C)C)C3)cc(C)c1F. The zero-order valence-electron chi connectivity index (χ0n) is 15.4. The number of carbonyl (C=O) groups excluding carboxylic acids is 1. The largest absolute Gasteiger partial charge is 0.444 e. The van der Waals surface area contributed by atoms with E-state index in [-0.39, 0.29) is 11.9 Å². The van der Waals surface area contributed by atoms with Crippen molar-refractivity contribution in [2.75, 3.05) is 6.54 Å². The van der Waals surface area contributed by atoms with Crippen LogP contribution in [0.2, 0.25) is 0 Å². The van der Waals surface area contributed by atoms with Crippen molar-refractivity contribution in [3.63, 3.8) is 0 Å². The summed E-state index contributed by atoms with van der Waals surface area (Å²) in [7, 11) is 0. The molecule has 6 heteroatoms. The summed E-state index contributed by atoms with van der Waals surface area (Å²) in [4.78, 5) is 13.9. The molecule has 1 aromatic heterocycles. The molecular formula is C19H24FN3O2. The third kappa shape index (κ3) is 3.67. The standard InChI is InChI=1S/C19H24FN3O2/c1-12-8-14(9-13(2)17(12)20)16-10-15-11-22(6-7-23(15)21-16)18(24)25-19(3,4)5/h8-10H,6-7,11H2,1-5H3. The van der Waals surface area contributed by atoms with Crippen molar-refractivity contribution in [1.29, 1.82) is 0 Å². The summed E-state index contributed by atoms with van der Waals surface area (Å²) < 4.78 is 21.2. The summed E-state index contributed by atoms with van der Waals surface area (Å²) >= 11 is 0. The van der Waals surface area contributed by atoms with Gasteiger partial charge in [0, 0.05) is 12.1 Å². The molecule has 0 unspecified atom stereocenters. The lowest BCUT2D eigenvalue weighted by Gasteiger charge is -2.30. The number of carbonyl (C=O) groups is 1. The van der Waals surface area contributed by atoms with Crippen LogP contribution in [0.25, 0.3) is 11.3 Å². The molecule has 1 aliphatic heterocycles. The molecule has 0 saturated carbocycles. The minimum Gasteiger partial charge on any atom is -0.444 e. The minimum absolute atomic E-state index is 0.177. The Morgan fingerprint density at radius 3 is 2.40 bits per heavy atom. The monoisotopic (exact) mass is 345 g/mol. The van der Waals surface area contributed by atoms with Gasteiger partial charge in [-0.2, -0.15) is 5.10 Å². The molecule has 0 atom stereocenters. The normalized spacial score (nSPS) is 14.4. The van der Waals surface area contributed by atoms with E-state index in [0.29, 0.717) is 30.8 Å². The van der Waals surface area contributed by atoms with E-state index in [1.54, 1.807) is 18.7 Å². The van der Waals surface area contributed by atoms with Gasteiger partial charge in [-0.3, -0.25) is 4.68 Å². The summed E-state index contributed by atoms with van der Waals surface area (Å²) in [6, 6.07) is 5.58. The van der Waals surface area contributed by atoms with Gasteiger partial charge < -0.3 is 9.64 Å². The lowest BCUT2D eigenvalue weighted by atomic mass is 10.0. The highest BCUT2D eigenvalue weighted by Gasteiger charge is 2.27. The number of aromatic nitrogens is 2. The molecule has 5 nitrogen and oxygen atoms in total. The number of aryl methyl sites for hydroxylation is 2. The molecule has 0 spiro atoms. The van der Waals surface area contributed by atoms with Crippen LogP contribution in [0, 0.1) is 19.7 Å². The second-order valence-electron chi connectivity index (χ2n) is 7.57. The average molecular weight is 345 g/mol. The molecule has 1 aliphatic rings. The molecule has 0 bridgehead atoms. The van der Waals surface area contributed by atoms with Gasteiger partial charge >= 0.3 is 6.09 Å². The van der Waals surface area contributed by atoms with Gasteiger partial charge in [0.15, 0.2) is 0 Å². The molecule has 1 aromatic carbocycles. The van der Waals surface area contributed by atoms with Gasteiger partial charge in [0.05, 0.1) is 24.5 Å². The molecule has 0 aliphatic carbocycles. The second-order valence-corrected chi connectivity index (χ2v) is 7.57. The number of hydrogen-bond acceptors (Lipinski definition) is 3. The number of amides is 1. The number of fused-ring (bicyclic) bond motifs is 1. The third-order valence-electron chi connectivity index (χ3n) is 4.18. The van der Waals surface area contributed by atoms with Gasteiger partial charge in [-0.05, 0) is 63.9 Å². The highest BCUT2D eigenvalue weighted by Crippen LogP contribution is 2.26. The number of nitrogens with zero attached hydrogens (tertiary/aromatic N) is 3. The van der Waals surface area contributed by atoms with Crippen LogP contribution in [0.4, 0.5) is 9.18 Å². The highest BCUT2D eigenvalue weighted by molar-refractivity contribution is 5.68. The molecule has 2 heterocycles. The Kier molecular flexibility index (Phi) is 4.31. The minimum atomic E-state index is -0.511. The van der Waals surface area contributed by atoms with Crippen molar-refractivity contribution >= 4 is 6.09 Å². The maximum Gasteiger partial charge on any atom is 0.410 e. The summed E-state index contributed by atoms with van der Waals surface area (Å²) in [5.74, 6) is -0.177. The fraction of sp³-hybridized carbons (Fsp3) is 0.474. The second kappa shape index (κ2) is 6.17. The first-order chi connectivity index (χ1) is 11.6. The summed E-state index contributed by atoms with van der Waals surface area (Å²) in [5, 5.41) is 4.62. The van der Waals surface area contributed by atoms with E-state index < -0.39 is 5.60 Å².